The van der Waals surface area contributed by atoms with Crippen molar-refractivity contribution < 1.29 is 53.2 Å². The number of phosphoric acid groups is 1. The van der Waals surface area contributed by atoms with Gasteiger partial charge in [-0.3, -0.25) is 9.32 Å². The zero-order valence-corrected chi connectivity index (χ0v) is 32.4. The Bertz CT molecular complexity index is 982. The molecule has 0 bridgehead atoms. The van der Waals surface area contributed by atoms with Crippen molar-refractivity contribution in [1.29, 1.82) is 0 Å². The number of carbonyl (C=O) groups is 1. The van der Waals surface area contributed by atoms with Crippen molar-refractivity contribution in [3.63, 3.8) is 0 Å². The van der Waals surface area contributed by atoms with E-state index in [-0.39, 0.29) is 25.4 Å². The van der Waals surface area contributed by atoms with Crippen LogP contribution in [0.2, 0.25) is 0 Å². The lowest BCUT2D eigenvalue weighted by molar-refractivity contribution is -0.199. The molecule has 0 aromatic heterocycles. The van der Waals surface area contributed by atoms with Gasteiger partial charge in [-0.05, 0) is 44.6 Å². The first-order valence-electron chi connectivity index (χ1n) is 19.7. The van der Waals surface area contributed by atoms with Crippen LogP contribution < -0.4 is 0 Å². The van der Waals surface area contributed by atoms with Gasteiger partial charge in [0.2, 0.25) is 0 Å². The zero-order chi connectivity index (χ0) is 37.6. The van der Waals surface area contributed by atoms with Gasteiger partial charge in [0.05, 0.1) is 31.2 Å². The van der Waals surface area contributed by atoms with Crippen LogP contribution >= 0.6 is 7.82 Å². The van der Waals surface area contributed by atoms with E-state index in [1.807, 2.05) is 18.2 Å². The maximum Gasteiger partial charge on any atom is 0.469 e. The summed E-state index contributed by atoms with van der Waals surface area (Å²) in [5.74, 6) is -0.735. The van der Waals surface area contributed by atoms with Gasteiger partial charge in [-0.1, -0.05) is 128 Å². The Labute approximate surface area is 308 Å². The van der Waals surface area contributed by atoms with E-state index in [0.717, 1.165) is 38.5 Å². The fraction of sp³-hybridized carbons (Fsp3) is 0.821. The highest BCUT2D eigenvalue weighted by Crippen LogP contribution is 2.36. The number of hydrogen-bond acceptors (Lipinski definition) is 9. The van der Waals surface area contributed by atoms with E-state index in [9.17, 15) is 24.7 Å². The molecule has 1 aliphatic rings. The molecule has 0 aliphatic carbocycles. The predicted octanol–water partition coefficient (Wildman–Crippen LogP) is 8.33. The molecule has 11 nitrogen and oxygen atoms in total. The van der Waals surface area contributed by atoms with Gasteiger partial charge >= 0.3 is 13.8 Å². The Morgan fingerprint density at radius 1 is 0.824 bits per heavy atom. The minimum atomic E-state index is -4.71. The minimum Gasteiger partial charge on any atom is -0.492 e. The van der Waals surface area contributed by atoms with Crippen molar-refractivity contribution >= 4 is 13.8 Å². The molecule has 0 saturated carbocycles. The first-order valence-corrected chi connectivity index (χ1v) is 21.3. The van der Waals surface area contributed by atoms with Gasteiger partial charge in [-0.25, -0.2) is 4.57 Å². The molecule has 1 heterocycles. The molecule has 6 atom stereocenters. The molecule has 1 fully saturated rings. The predicted molar refractivity (Wildman–Crippen MR) is 201 cm³/mol. The molecule has 0 aromatic rings. The van der Waals surface area contributed by atoms with Crippen LogP contribution in [0.15, 0.2) is 36.6 Å². The lowest BCUT2D eigenvalue weighted by Gasteiger charge is -2.36. The van der Waals surface area contributed by atoms with Crippen LogP contribution in [0.5, 0.6) is 0 Å². The number of unbranched alkanes of at least 4 members (excludes halogenated alkanes) is 15. The summed E-state index contributed by atoms with van der Waals surface area (Å²) in [6, 6.07) is 0. The summed E-state index contributed by atoms with van der Waals surface area (Å²) in [7, 11) is -4.71. The second-order valence-corrected chi connectivity index (χ2v) is 15.1. The van der Waals surface area contributed by atoms with Crippen LogP contribution in [0, 0.1) is 5.92 Å². The van der Waals surface area contributed by atoms with E-state index in [2.05, 4.69) is 18.4 Å². The molecular weight excluding hydrogens is 675 g/mol. The van der Waals surface area contributed by atoms with Crippen molar-refractivity contribution in [2.75, 3.05) is 13.2 Å². The summed E-state index contributed by atoms with van der Waals surface area (Å²) in [5, 5.41) is 30.8. The summed E-state index contributed by atoms with van der Waals surface area (Å²) >= 11 is 0. The second-order valence-electron chi connectivity index (χ2n) is 13.8. The van der Waals surface area contributed by atoms with E-state index in [4.69, 9.17) is 24.0 Å². The molecule has 1 rings (SSSR count). The monoisotopic (exact) mass is 746 g/mol. The average molecular weight is 747 g/mol. The van der Waals surface area contributed by atoms with Gasteiger partial charge < -0.3 is 39.3 Å². The molecule has 12 heteroatoms. The number of allylic oxidation sites excluding steroid dienone is 3. The van der Waals surface area contributed by atoms with Crippen LogP contribution in [0.3, 0.4) is 0 Å². The number of phosphoric ester groups is 1. The highest BCUT2D eigenvalue weighted by molar-refractivity contribution is 7.46. The topological polar surface area (TPSA) is 172 Å². The molecule has 0 amide bonds. The smallest absolute Gasteiger partial charge is 0.469 e. The van der Waals surface area contributed by atoms with E-state index in [0.29, 0.717) is 25.7 Å². The van der Waals surface area contributed by atoms with Gasteiger partial charge in [-0.15, -0.1) is 0 Å². The van der Waals surface area contributed by atoms with Gasteiger partial charge in [0.1, 0.15) is 6.61 Å². The maximum atomic E-state index is 12.4. The number of aliphatic hydroxyl groups is 3. The van der Waals surface area contributed by atoms with Crippen LogP contribution in [0.1, 0.15) is 155 Å². The van der Waals surface area contributed by atoms with E-state index >= 15 is 0 Å². The molecule has 5 N–H and O–H groups in total. The first kappa shape index (κ1) is 47.5. The quantitative estimate of drug-likeness (QED) is 0.0147. The Kier molecular flexibility index (Phi) is 28.7. The van der Waals surface area contributed by atoms with Crippen LogP contribution in [-0.2, 0) is 28.1 Å². The standard InChI is InChI=1S/C39H71O11P/c1-3-5-7-8-9-10-11-12-13-14-15-16-19-23-29-47-34(32-49-51(44,45)46)31-48-38(42)26-22-18-17-21-25-35-36(41)30-39(43)50-37(35)28-27-33(40)24-20-6-4-2/h17,21,23,27-29,33-37,39-41,43H,3-16,18-20,22,24-26,30-32H2,1-2H3,(H2,44,45,46)/b21-17-,28-27+,29-23+/t33-,34+,35-,36-,37+,39?/m0/s1. The Balaban J connectivity index is 2.33. The SMILES string of the molecule is CCCCCCCCCCCCCC/C=C/O[C@H](COC(=O)CCC/C=C\C[C@H]1[C@@H](O)CC(O)O[C@@H]1/C=C/[C@@H](O)CCCCC)COP(=O)(O)O. The molecule has 0 radical (unpaired) electrons. The number of ether oxygens (including phenoxy) is 3. The Morgan fingerprint density at radius 3 is 2.08 bits per heavy atom. The molecular formula is C39H71O11P. The Morgan fingerprint density at radius 2 is 1.43 bits per heavy atom. The second kappa shape index (κ2) is 30.9. The molecule has 1 aliphatic heterocycles. The number of esters is 1. The average Bonchev–Trinajstić information content (AvgIpc) is 3.08. The Hall–Kier alpha value is -1.56. The van der Waals surface area contributed by atoms with Crippen molar-refractivity contribution in [3.05, 3.63) is 36.6 Å². The lowest BCUT2D eigenvalue weighted by atomic mass is 9.87. The highest BCUT2D eigenvalue weighted by Gasteiger charge is 2.35. The largest absolute Gasteiger partial charge is 0.492 e. The van der Waals surface area contributed by atoms with Crippen LogP contribution in [0.4, 0.5) is 0 Å². The minimum absolute atomic E-state index is 0.118. The third-order valence-corrected chi connectivity index (χ3v) is 9.56. The van der Waals surface area contributed by atoms with E-state index in [1.54, 1.807) is 12.2 Å². The summed E-state index contributed by atoms with van der Waals surface area (Å²) in [6.45, 7) is 3.72. The summed E-state index contributed by atoms with van der Waals surface area (Å²) < 4.78 is 32.3. The van der Waals surface area contributed by atoms with Gasteiger partial charge in [0.25, 0.3) is 0 Å². The third-order valence-electron chi connectivity index (χ3n) is 9.08. The van der Waals surface area contributed by atoms with Gasteiger partial charge in [-0.2, -0.15) is 0 Å². The van der Waals surface area contributed by atoms with Crippen molar-refractivity contribution in [1.82, 2.24) is 0 Å². The first-order chi connectivity index (χ1) is 24.6. The zero-order valence-electron chi connectivity index (χ0n) is 31.5. The fourth-order valence-electron chi connectivity index (χ4n) is 5.99. The number of rotatable bonds is 32. The molecule has 1 saturated heterocycles. The lowest BCUT2D eigenvalue weighted by Crippen LogP contribution is -2.43. The highest BCUT2D eigenvalue weighted by atomic mass is 31.2. The molecule has 298 valence electrons. The summed E-state index contributed by atoms with van der Waals surface area (Å²) in [5.41, 5.74) is 0. The molecule has 0 spiro atoms. The number of aliphatic hydroxyl groups excluding tert-OH is 3. The van der Waals surface area contributed by atoms with Gasteiger partial charge in [0.15, 0.2) is 12.4 Å². The van der Waals surface area contributed by atoms with Gasteiger partial charge in [0, 0.05) is 18.8 Å². The van der Waals surface area contributed by atoms with Crippen molar-refractivity contribution in [3.8, 4) is 0 Å². The molecule has 0 aromatic carbocycles. The van der Waals surface area contributed by atoms with Crippen molar-refractivity contribution in [2.45, 2.75) is 186 Å². The molecule has 1 unspecified atom stereocenters. The van der Waals surface area contributed by atoms with Crippen molar-refractivity contribution in [2.24, 2.45) is 5.92 Å². The fourth-order valence-corrected chi connectivity index (χ4v) is 6.35. The van der Waals surface area contributed by atoms with Crippen LogP contribution in [-0.4, -0.2) is 75.0 Å². The third kappa shape index (κ3) is 27.7. The van der Waals surface area contributed by atoms with E-state index < -0.39 is 51.1 Å². The summed E-state index contributed by atoms with van der Waals surface area (Å²) in [4.78, 5) is 30.6. The van der Waals surface area contributed by atoms with Crippen LogP contribution in [0.25, 0.3) is 0 Å². The normalized spacial score (nSPS) is 21.2. The number of carbonyl (C=O) groups excluding carboxylic acids is 1. The number of hydrogen-bond donors (Lipinski definition) is 5. The van der Waals surface area contributed by atoms with E-state index in [1.165, 1.54) is 70.5 Å². The maximum absolute atomic E-state index is 12.4. The summed E-state index contributed by atoms with van der Waals surface area (Å²) in [6.07, 6.45) is 28.5. The molecule has 51 heavy (non-hydrogen) atoms.